The highest BCUT2D eigenvalue weighted by molar-refractivity contribution is 7.57. The summed E-state index contributed by atoms with van der Waals surface area (Å²) in [6.07, 6.45) is 2.02. The van der Waals surface area contributed by atoms with Crippen LogP contribution in [-0.2, 0) is 11.1 Å². The average Bonchev–Trinajstić information content (AvgIpc) is 3.24. The Kier molecular flexibility index (Phi) is 6.01. The fourth-order valence-corrected chi connectivity index (χ4v) is 6.11. The van der Waals surface area contributed by atoms with Gasteiger partial charge in [0.25, 0.3) is 11.8 Å². The SMILES string of the molecule is CN1C(=O)c2c(O)c(=O)c(C(=O)NCc3ccc(F)cc3F)cn2N(C)C12CC[C@@H](P(C)(=O)O)C2. The third-order valence-electron chi connectivity index (χ3n) is 7.04. The molecule has 2 amide bonds. The third-order valence-corrected chi connectivity index (χ3v) is 8.83. The van der Waals surface area contributed by atoms with Gasteiger partial charge in [-0.1, -0.05) is 6.07 Å². The molecule has 2 aliphatic rings. The predicted octanol–water partition coefficient (Wildman–Crippen LogP) is 1.56. The van der Waals surface area contributed by atoms with Gasteiger partial charge in [0.2, 0.25) is 12.8 Å². The Hall–Kier alpha value is -3.24. The van der Waals surface area contributed by atoms with Crippen LogP contribution in [-0.4, -0.2) is 63.5 Å². The minimum Gasteiger partial charge on any atom is -0.502 e. The van der Waals surface area contributed by atoms with Crippen molar-refractivity contribution >= 4 is 19.2 Å². The monoisotopic (exact) mass is 510 g/mol. The first-order chi connectivity index (χ1) is 16.3. The molecule has 1 saturated carbocycles. The zero-order valence-corrected chi connectivity index (χ0v) is 20.2. The lowest BCUT2D eigenvalue weighted by molar-refractivity contribution is 0.0404. The van der Waals surface area contributed by atoms with Crippen molar-refractivity contribution < 1.29 is 32.9 Å². The van der Waals surface area contributed by atoms with Crippen LogP contribution in [0.2, 0.25) is 0 Å². The van der Waals surface area contributed by atoms with Crippen LogP contribution in [0.15, 0.2) is 29.2 Å². The summed E-state index contributed by atoms with van der Waals surface area (Å²) < 4.78 is 40.5. The van der Waals surface area contributed by atoms with E-state index in [1.54, 1.807) is 12.1 Å². The Morgan fingerprint density at radius 3 is 2.57 bits per heavy atom. The lowest BCUT2D eigenvalue weighted by atomic mass is 10.0. The Balaban J connectivity index is 1.70. The first-order valence-corrected chi connectivity index (χ1v) is 13.0. The zero-order chi connectivity index (χ0) is 25.9. The van der Waals surface area contributed by atoms with E-state index >= 15 is 0 Å². The number of fused-ring (bicyclic) bond motifs is 1. The second-order valence-electron chi connectivity index (χ2n) is 9.04. The lowest BCUT2D eigenvalue weighted by Crippen LogP contribution is -2.67. The fraction of sp³-hybridized carbons (Fsp3) is 0.409. The molecular formula is C22H25F2N4O6P. The van der Waals surface area contributed by atoms with E-state index in [0.29, 0.717) is 18.9 Å². The van der Waals surface area contributed by atoms with Gasteiger partial charge in [0, 0.05) is 57.2 Å². The van der Waals surface area contributed by atoms with Crippen LogP contribution < -0.4 is 15.8 Å². The predicted molar refractivity (Wildman–Crippen MR) is 122 cm³/mol. The summed E-state index contributed by atoms with van der Waals surface area (Å²) in [6, 6.07) is 2.84. The molecule has 35 heavy (non-hydrogen) atoms. The molecule has 2 heterocycles. The normalized spacial score (nSPS) is 23.4. The molecule has 1 aromatic carbocycles. The van der Waals surface area contributed by atoms with Crippen LogP contribution in [0.25, 0.3) is 0 Å². The van der Waals surface area contributed by atoms with E-state index in [2.05, 4.69) is 5.32 Å². The van der Waals surface area contributed by atoms with Gasteiger partial charge in [-0.25, -0.2) is 8.78 Å². The van der Waals surface area contributed by atoms with Gasteiger partial charge in [-0.2, -0.15) is 0 Å². The second kappa shape index (κ2) is 8.46. The molecule has 3 atom stereocenters. The summed E-state index contributed by atoms with van der Waals surface area (Å²) in [5, 5.41) is 14.5. The summed E-state index contributed by atoms with van der Waals surface area (Å²) in [5.41, 5.74) is -3.51. The number of halogens is 2. The quantitative estimate of drug-likeness (QED) is 0.532. The molecule has 0 bridgehead atoms. The third kappa shape index (κ3) is 4.00. The van der Waals surface area contributed by atoms with Crippen molar-refractivity contribution in [3.8, 4) is 5.75 Å². The van der Waals surface area contributed by atoms with E-state index in [0.717, 1.165) is 18.3 Å². The van der Waals surface area contributed by atoms with E-state index in [1.165, 1.54) is 23.3 Å². The maximum atomic E-state index is 13.9. The van der Waals surface area contributed by atoms with Crippen LogP contribution in [0.1, 0.15) is 45.7 Å². The number of hydrogen-bond acceptors (Lipinski definition) is 6. The second-order valence-corrected chi connectivity index (χ2v) is 11.7. The van der Waals surface area contributed by atoms with E-state index < -0.39 is 58.9 Å². The Bertz CT molecular complexity index is 1340. The molecule has 1 spiro atoms. The number of aromatic nitrogens is 1. The molecule has 1 aliphatic carbocycles. The summed E-state index contributed by atoms with van der Waals surface area (Å²) in [5.74, 6) is -4.20. The molecule has 10 nitrogen and oxygen atoms in total. The number of nitrogens with one attached hydrogen (secondary N) is 1. The minimum atomic E-state index is -3.44. The van der Waals surface area contributed by atoms with E-state index in [9.17, 15) is 37.7 Å². The number of nitrogens with zero attached hydrogens (tertiary/aromatic N) is 3. The van der Waals surface area contributed by atoms with Gasteiger partial charge in [-0.15, -0.1) is 0 Å². The molecule has 4 rings (SSSR count). The maximum absolute atomic E-state index is 13.9. The summed E-state index contributed by atoms with van der Waals surface area (Å²) >= 11 is 0. The van der Waals surface area contributed by atoms with Crippen LogP contribution in [0.5, 0.6) is 5.75 Å². The number of amides is 2. The molecule has 13 heteroatoms. The van der Waals surface area contributed by atoms with Gasteiger partial charge in [-0.05, 0) is 18.9 Å². The van der Waals surface area contributed by atoms with Crippen LogP contribution >= 0.6 is 7.37 Å². The number of rotatable bonds is 4. The highest BCUT2D eigenvalue weighted by atomic mass is 31.2. The van der Waals surface area contributed by atoms with E-state index in [4.69, 9.17) is 0 Å². The van der Waals surface area contributed by atoms with Crippen molar-refractivity contribution in [2.45, 2.75) is 37.1 Å². The Labute approximate surface area is 199 Å². The fourth-order valence-electron chi connectivity index (χ4n) is 4.87. The highest BCUT2D eigenvalue weighted by Gasteiger charge is 2.54. The number of aromatic hydroxyl groups is 1. The molecule has 0 saturated heterocycles. The number of benzene rings is 1. The van der Waals surface area contributed by atoms with Crippen LogP contribution in [0.3, 0.4) is 0 Å². The van der Waals surface area contributed by atoms with Gasteiger partial charge in [0.1, 0.15) is 22.9 Å². The van der Waals surface area contributed by atoms with Crippen molar-refractivity contribution in [2.24, 2.45) is 0 Å². The minimum absolute atomic E-state index is 0.0140. The summed E-state index contributed by atoms with van der Waals surface area (Å²) in [6.45, 7) is 0.919. The van der Waals surface area contributed by atoms with Crippen molar-refractivity contribution in [3.63, 3.8) is 0 Å². The van der Waals surface area contributed by atoms with Gasteiger partial charge in [0.15, 0.2) is 11.4 Å². The van der Waals surface area contributed by atoms with Crippen molar-refractivity contribution in [2.75, 3.05) is 25.8 Å². The summed E-state index contributed by atoms with van der Waals surface area (Å²) in [4.78, 5) is 50.2. The average molecular weight is 510 g/mol. The molecule has 1 fully saturated rings. The van der Waals surface area contributed by atoms with Crippen molar-refractivity contribution in [3.05, 3.63) is 63.1 Å². The number of pyridine rings is 1. The summed E-state index contributed by atoms with van der Waals surface area (Å²) in [7, 11) is -0.363. The number of carbonyl (C=O) groups excluding carboxylic acids is 2. The molecular weight excluding hydrogens is 485 g/mol. The van der Waals surface area contributed by atoms with Gasteiger partial charge in [-0.3, -0.25) is 28.6 Å². The van der Waals surface area contributed by atoms with Gasteiger partial charge >= 0.3 is 0 Å². The Morgan fingerprint density at radius 1 is 1.29 bits per heavy atom. The lowest BCUT2D eigenvalue weighted by Gasteiger charge is -2.51. The maximum Gasteiger partial charge on any atom is 0.278 e. The van der Waals surface area contributed by atoms with E-state index in [-0.39, 0.29) is 24.2 Å². The van der Waals surface area contributed by atoms with Crippen LogP contribution in [0, 0.1) is 11.6 Å². The molecule has 188 valence electrons. The van der Waals surface area contributed by atoms with E-state index in [1.807, 2.05) is 0 Å². The van der Waals surface area contributed by atoms with Crippen LogP contribution in [0.4, 0.5) is 8.78 Å². The largest absolute Gasteiger partial charge is 0.502 e. The molecule has 1 aromatic heterocycles. The standard InChI is InChI=1S/C22H25F2N4O6P/c1-26-21(32)17-19(30)18(29)15(20(31)25-10-12-4-5-13(23)8-16(12)24)11-28(17)27(2)22(26)7-6-14(9-22)35(3,33)34/h4-5,8,11,14,30H,6-7,9-10H2,1-3H3,(H,25,31)(H,33,34)/t14-,22?/m1/s1. The topological polar surface area (TPSA) is 132 Å². The molecule has 0 radical (unpaired) electrons. The number of carbonyl (C=O) groups is 2. The molecule has 2 unspecified atom stereocenters. The molecule has 3 N–H and O–H groups in total. The zero-order valence-electron chi connectivity index (χ0n) is 19.3. The van der Waals surface area contributed by atoms with Gasteiger partial charge in [0.05, 0.1) is 0 Å². The van der Waals surface area contributed by atoms with Gasteiger partial charge < -0.3 is 20.2 Å². The van der Waals surface area contributed by atoms with Crippen molar-refractivity contribution in [1.82, 2.24) is 14.9 Å². The number of hydrogen-bond donors (Lipinski definition) is 3. The first-order valence-electron chi connectivity index (χ1n) is 10.8. The smallest absolute Gasteiger partial charge is 0.278 e. The molecule has 2 aromatic rings. The Morgan fingerprint density at radius 2 is 1.97 bits per heavy atom. The van der Waals surface area contributed by atoms with Crippen molar-refractivity contribution in [1.29, 1.82) is 0 Å². The highest BCUT2D eigenvalue weighted by Crippen LogP contribution is 2.54. The molecule has 1 aliphatic heterocycles. The first kappa shape index (κ1) is 24.9.